The predicted octanol–water partition coefficient (Wildman–Crippen LogP) is 23.3. The molecule has 0 aliphatic rings. The van der Waals surface area contributed by atoms with E-state index in [1.165, 1.54) is 60.0 Å². The Hall–Kier alpha value is -12.1. The summed E-state index contributed by atoms with van der Waals surface area (Å²) in [6.07, 6.45) is 4.35. The van der Waals surface area contributed by atoms with Crippen molar-refractivity contribution in [3.05, 3.63) is 328 Å². The lowest BCUT2D eigenvalue weighted by Crippen LogP contribution is -2.09. The van der Waals surface area contributed by atoms with E-state index in [0.717, 1.165) is 105 Å². The van der Waals surface area contributed by atoms with Gasteiger partial charge in [-0.25, -0.2) is 0 Å². The minimum atomic E-state index is 0.910. The third-order valence-corrected chi connectivity index (χ3v) is 18.2. The second-order valence-electron chi connectivity index (χ2n) is 23.2. The highest BCUT2D eigenvalue weighted by molar-refractivity contribution is 6.28. The highest BCUT2D eigenvalue weighted by Crippen LogP contribution is 2.47. The number of hydrogen-bond acceptors (Lipinski definition) is 3. The van der Waals surface area contributed by atoms with Crippen LogP contribution in [-0.2, 0) is 0 Å². The highest BCUT2D eigenvalue weighted by atomic mass is 16.3. The molecule has 422 valence electrons. The van der Waals surface area contributed by atoms with E-state index in [9.17, 15) is 0 Å². The highest BCUT2D eigenvalue weighted by Gasteiger charge is 2.23. The van der Waals surface area contributed by atoms with Crippen LogP contribution in [0.25, 0.3) is 148 Å². The van der Waals surface area contributed by atoms with E-state index in [1.54, 1.807) is 0 Å². The van der Waals surface area contributed by atoms with E-state index in [-0.39, 0.29) is 0 Å². The Balaban J connectivity index is 0.000000134. The van der Waals surface area contributed by atoms with Crippen molar-refractivity contribution in [2.45, 2.75) is 0 Å². The van der Waals surface area contributed by atoms with Crippen LogP contribution in [0.2, 0.25) is 0 Å². The van der Waals surface area contributed by atoms with Crippen molar-refractivity contribution < 1.29 is 8.83 Å². The molecule has 0 bridgehead atoms. The summed E-state index contributed by atoms with van der Waals surface area (Å²) in [5.74, 6) is 0. The zero-order chi connectivity index (χ0) is 59.2. The number of aromatic nitrogens is 3. The minimum Gasteiger partial charge on any atom is -0.455 e. The van der Waals surface area contributed by atoms with Crippen LogP contribution in [0.1, 0.15) is 0 Å². The summed E-state index contributed by atoms with van der Waals surface area (Å²) in [6, 6.07) is 112. The maximum absolute atomic E-state index is 6.65. The SMILES string of the molecule is c1ccc(-n2ccc3c4c(ccc5c6ccccc6oc54)c(-c4ccc5c(c4)c4ccccc4n5-c4ccccc4)cc32)cc1.c1ccc(N(c2ccccc2)c2ccc(-c3cc4c(ccn4-c4ccccc4)c4c3ccc3c5ccccc5oc34)cc2)cc1. The number of rotatable bonds is 8. The van der Waals surface area contributed by atoms with E-state index in [1.807, 2.05) is 12.1 Å². The van der Waals surface area contributed by atoms with Crippen molar-refractivity contribution in [1.29, 1.82) is 0 Å². The second kappa shape index (κ2) is 20.8. The average molecular weight is 1150 g/mol. The number of anilines is 3. The summed E-state index contributed by atoms with van der Waals surface area (Å²) < 4.78 is 20.2. The molecule has 6 heteroatoms. The van der Waals surface area contributed by atoms with Gasteiger partial charge in [-0.2, -0.15) is 0 Å². The molecule has 0 saturated carbocycles. The first kappa shape index (κ1) is 51.1. The molecular weight excluding hydrogens is 1100 g/mol. The van der Waals surface area contributed by atoms with Gasteiger partial charge in [0.25, 0.3) is 0 Å². The lowest BCUT2D eigenvalue weighted by Gasteiger charge is -2.25. The number of nitrogens with zero attached hydrogens (tertiary/aromatic N) is 4. The van der Waals surface area contributed by atoms with Gasteiger partial charge in [-0.3, -0.25) is 0 Å². The monoisotopic (exact) mass is 1150 g/mol. The minimum absolute atomic E-state index is 0.910. The topological polar surface area (TPSA) is 44.3 Å². The van der Waals surface area contributed by atoms with Gasteiger partial charge in [0, 0.05) is 100 Å². The fraction of sp³-hybridized carbons (Fsp3) is 0. The standard InChI is InChI=1S/C42H26N2O.C42H28N2O/c1-3-11-28(12-4-1)43-24-23-34-39(43)26-35(32-20-21-33-31-16-8-10-18-40(31)45-42(33)41(32)34)27-19-22-38-36(25-27)30-15-7-9-17-37(30)44(38)29-13-5-2-6-14-29;1-4-12-30(13-5-1)43-27-26-37-39(43)28-38(35-24-25-36-34-18-10-11-19-40(34)45-42(36)41(35)37)29-20-22-33(23-21-29)44(31-14-6-2-7-15-31)32-16-8-3-9-17-32/h1-26H;1-28H. The van der Waals surface area contributed by atoms with Gasteiger partial charge < -0.3 is 27.4 Å². The zero-order valence-electron chi connectivity index (χ0n) is 48.8. The van der Waals surface area contributed by atoms with Gasteiger partial charge in [0.15, 0.2) is 0 Å². The van der Waals surface area contributed by atoms with Crippen molar-refractivity contribution in [3.8, 4) is 39.3 Å². The third-order valence-electron chi connectivity index (χ3n) is 18.2. The maximum atomic E-state index is 6.65. The molecule has 90 heavy (non-hydrogen) atoms. The molecule has 0 unspecified atom stereocenters. The Morgan fingerprint density at radius 2 is 0.644 bits per heavy atom. The lowest BCUT2D eigenvalue weighted by molar-refractivity contribution is 0.672. The summed E-state index contributed by atoms with van der Waals surface area (Å²) in [5, 5.41) is 14.1. The van der Waals surface area contributed by atoms with Crippen molar-refractivity contribution in [3.63, 3.8) is 0 Å². The fourth-order valence-corrected chi connectivity index (χ4v) is 14.1. The van der Waals surface area contributed by atoms with Gasteiger partial charge in [-0.1, -0.05) is 176 Å². The van der Waals surface area contributed by atoms with Gasteiger partial charge in [0.1, 0.15) is 22.3 Å². The Morgan fingerprint density at radius 1 is 0.244 bits per heavy atom. The zero-order valence-corrected chi connectivity index (χ0v) is 48.8. The molecule has 5 aromatic heterocycles. The quantitative estimate of drug-likeness (QED) is 0.152. The molecule has 0 saturated heterocycles. The van der Waals surface area contributed by atoms with E-state index < -0.39 is 0 Å². The van der Waals surface area contributed by atoms with Crippen LogP contribution in [0.5, 0.6) is 0 Å². The Labute approximate surface area is 517 Å². The van der Waals surface area contributed by atoms with Gasteiger partial charge >= 0.3 is 0 Å². The summed E-state index contributed by atoms with van der Waals surface area (Å²) in [5.41, 5.74) is 19.9. The van der Waals surface area contributed by atoms with E-state index in [4.69, 9.17) is 8.83 Å². The number of fused-ring (bicyclic) bond motifs is 17. The molecule has 0 amide bonds. The van der Waals surface area contributed by atoms with Crippen molar-refractivity contribution in [1.82, 2.24) is 13.7 Å². The maximum Gasteiger partial charge on any atom is 0.143 e. The molecule has 14 aromatic carbocycles. The van der Waals surface area contributed by atoms with Crippen molar-refractivity contribution >= 4 is 126 Å². The molecule has 0 radical (unpaired) electrons. The van der Waals surface area contributed by atoms with Crippen molar-refractivity contribution in [2.75, 3.05) is 4.90 Å². The second-order valence-corrected chi connectivity index (χ2v) is 23.2. The van der Waals surface area contributed by atoms with E-state index >= 15 is 0 Å². The van der Waals surface area contributed by atoms with Crippen LogP contribution in [0, 0.1) is 0 Å². The van der Waals surface area contributed by atoms with Gasteiger partial charge in [0.2, 0.25) is 0 Å². The first-order valence-corrected chi connectivity index (χ1v) is 30.6. The summed E-state index contributed by atoms with van der Waals surface area (Å²) >= 11 is 0. The molecule has 0 N–H and O–H groups in total. The molecule has 0 atom stereocenters. The molecule has 19 aromatic rings. The van der Waals surface area contributed by atoms with Crippen LogP contribution >= 0.6 is 0 Å². The lowest BCUT2D eigenvalue weighted by atomic mass is 9.93. The fourth-order valence-electron chi connectivity index (χ4n) is 14.1. The van der Waals surface area contributed by atoms with Gasteiger partial charge in [-0.05, 0) is 173 Å². The summed E-state index contributed by atoms with van der Waals surface area (Å²) in [7, 11) is 0. The van der Waals surface area contributed by atoms with Crippen molar-refractivity contribution in [2.24, 2.45) is 0 Å². The Bertz CT molecular complexity index is 5900. The van der Waals surface area contributed by atoms with Crippen LogP contribution in [0.15, 0.2) is 337 Å². The molecule has 0 fully saturated rings. The molecular formula is C84H54N4O2. The largest absolute Gasteiger partial charge is 0.455 e. The van der Waals surface area contributed by atoms with E-state index in [0.29, 0.717) is 0 Å². The Kier molecular flexibility index (Phi) is 11.8. The van der Waals surface area contributed by atoms with Crippen LogP contribution in [0.3, 0.4) is 0 Å². The van der Waals surface area contributed by atoms with Crippen LogP contribution in [-0.4, -0.2) is 13.7 Å². The Morgan fingerprint density at radius 3 is 1.17 bits per heavy atom. The van der Waals surface area contributed by atoms with Crippen LogP contribution < -0.4 is 4.90 Å². The normalized spacial score (nSPS) is 11.8. The number of hydrogen-bond donors (Lipinski definition) is 0. The first-order valence-electron chi connectivity index (χ1n) is 30.6. The number of furan rings is 2. The number of para-hydroxylation sites is 8. The molecule has 5 heterocycles. The first-order chi connectivity index (χ1) is 44.7. The van der Waals surface area contributed by atoms with Gasteiger partial charge in [-0.15, -0.1) is 0 Å². The summed E-state index contributed by atoms with van der Waals surface area (Å²) in [6.45, 7) is 0. The molecule has 19 rings (SSSR count). The molecule has 0 spiro atoms. The molecule has 6 nitrogen and oxygen atoms in total. The average Bonchev–Trinajstić information content (AvgIpc) is 1.54. The third kappa shape index (κ3) is 8.19. The summed E-state index contributed by atoms with van der Waals surface area (Å²) in [4.78, 5) is 2.30. The number of benzene rings is 14. The predicted molar refractivity (Wildman–Crippen MR) is 376 cm³/mol. The molecule has 0 aliphatic carbocycles. The van der Waals surface area contributed by atoms with E-state index in [2.05, 4.69) is 334 Å². The van der Waals surface area contributed by atoms with Crippen LogP contribution in [0.4, 0.5) is 17.1 Å². The molecule has 0 aliphatic heterocycles. The smallest absolute Gasteiger partial charge is 0.143 e. The van der Waals surface area contributed by atoms with Gasteiger partial charge in [0.05, 0.1) is 22.1 Å².